The summed E-state index contributed by atoms with van der Waals surface area (Å²) in [4.78, 5) is 27.3. The highest BCUT2D eigenvalue weighted by atomic mass is 19.4. The normalized spacial score (nSPS) is 25.9. The van der Waals surface area contributed by atoms with Crippen molar-refractivity contribution in [2.45, 2.75) is 117 Å². The van der Waals surface area contributed by atoms with Crippen LogP contribution in [-0.2, 0) is 21.8 Å². The third-order valence-corrected chi connectivity index (χ3v) is 10.5. The van der Waals surface area contributed by atoms with E-state index in [9.17, 15) is 35.9 Å². The summed E-state index contributed by atoms with van der Waals surface area (Å²) in [6.07, 6.45) is -6.88. The van der Waals surface area contributed by atoms with Gasteiger partial charge in [0.05, 0.1) is 23.2 Å². The molecule has 0 saturated heterocycles. The van der Waals surface area contributed by atoms with Gasteiger partial charge in [-0.2, -0.15) is 26.3 Å². The summed E-state index contributed by atoms with van der Waals surface area (Å²) < 4.78 is 93.2. The molecule has 4 rings (SSSR count). The molecule has 0 radical (unpaired) electrons. The highest BCUT2D eigenvalue weighted by Gasteiger charge is 2.39. The maximum absolute atomic E-state index is 13.7. The molecule has 2 N–H and O–H groups in total. The number of nitrogens with one attached hydrogen (secondary N) is 2. The fraction of sp³-hybridized carbons (Fsp3) is 0.632. The van der Waals surface area contributed by atoms with Gasteiger partial charge in [-0.1, -0.05) is 78.6 Å². The molecule has 0 heterocycles. The zero-order valence-electron chi connectivity index (χ0n) is 29.5. The summed E-state index contributed by atoms with van der Waals surface area (Å²) in [5.41, 5.74) is -1.51. The Morgan fingerprint density at radius 2 is 0.920 bits per heavy atom. The Balaban J connectivity index is 1.72. The first-order chi connectivity index (χ1) is 23.3. The van der Waals surface area contributed by atoms with Gasteiger partial charge in [0.2, 0.25) is 0 Å². The number of hydrogen-bond acceptors (Lipinski definition) is 4. The Morgan fingerprint density at radius 1 is 0.600 bits per heavy atom. The van der Waals surface area contributed by atoms with Crippen molar-refractivity contribution in [3.05, 3.63) is 70.8 Å². The third kappa shape index (κ3) is 10.3. The summed E-state index contributed by atoms with van der Waals surface area (Å²) >= 11 is 0. The van der Waals surface area contributed by atoms with Crippen LogP contribution in [0.25, 0.3) is 0 Å². The van der Waals surface area contributed by atoms with E-state index in [1.54, 1.807) is 0 Å². The van der Waals surface area contributed by atoms with E-state index in [0.29, 0.717) is 24.7 Å². The predicted molar refractivity (Wildman–Crippen MR) is 178 cm³/mol. The standard InChI is InChI=1S/C38H50F6N2O4/c1-21(2)29-17-7-23(5)19-31(29)49-35(47)45-33(25-9-13-27(14-10-25)37(39,40)41)34(26-11-15-28(16-12-26)38(42,43)44)46-36(48)50-32-20-24(6)8-18-30(32)22(3)4/h9-16,21-24,29-34H,7-8,17-20H2,1-6H3,(H,45,47)(H,46,48)/t23-,24-,29+,30+,31-,32-,33-,34-/m1/s1. The second-order valence-electron chi connectivity index (χ2n) is 15.0. The van der Waals surface area contributed by atoms with Gasteiger partial charge in [0, 0.05) is 0 Å². The quantitative estimate of drug-likeness (QED) is 0.254. The topological polar surface area (TPSA) is 76.7 Å². The number of amides is 2. The lowest BCUT2D eigenvalue weighted by molar-refractivity contribution is -0.138. The Kier molecular flexibility index (Phi) is 12.8. The van der Waals surface area contributed by atoms with Gasteiger partial charge in [0.25, 0.3) is 0 Å². The minimum absolute atomic E-state index is 0.0899. The van der Waals surface area contributed by atoms with Crippen LogP contribution in [0.15, 0.2) is 48.5 Å². The van der Waals surface area contributed by atoms with Gasteiger partial charge in [0.1, 0.15) is 12.2 Å². The van der Waals surface area contributed by atoms with Crippen molar-refractivity contribution in [1.29, 1.82) is 0 Å². The summed E-state index contributed by atoms with van der Waals surface area (Å²) in [5, 5.41) is 5.53. The van der Waals surface area contributed by atoms with Gasteiger partial charge in [-0.05, 0) is 96.6 Å². The Labute approximate surface area is 291 Å². The molecule has 2 amide bonds. The lowest BCUT2D eigenvalue weighted by Crippen LogP contribution is -2.45. The highest BCUT2D eigenvalue weighted by Crippen LogP contribution is 2.39. The number of carbonyl (C=O) groups is 2. The van der Waals surface area contributed by atoms with Crippen molar-refractivity contribution in [2.24, 2.45) is 35.5 Å². The molecule has 278 valence electrons. The number of hydrogen-bond donors (Lipinski definition) is 2. The lowest BCUT2D eigenvalue weighted by atomic mass is 9.75. The van der Waals surface area contributed by atoms with Crippen molar-refractivity contribution in [2.75, 3.05) is 0 Å². The lowest BCUT2D eigenvalue weighted by Gasteiger charge is -2.38. The van der Waals surface area contributed by atoms with Crippen LogP contribution in [0.1, 0.15) is 114 Å². The molecular weight excluding hydrogens is 662 g/mol. The van der Waals surface area contributed by atoms with E-state index >= 15 is 0 Å². The Morgan fingerprint density at radius 3 is 1.20 bits per heavy atom. The summed E-state index contributed by atoms with van der Waals surface area (Å²) in [6, 6.07) is 5.61. The first-order valence-corrected chi connectivity index (χ1v) is 17.6. The van der Waals surface area contributed by atoms with Gasteiger partial charge < -0.3 is 20.1 Å². The Bertz CT molecular complexity index is 1300. The van der Waals surface area contributed by atoms with Crippen molar-refractivity contribution in [3.63, 3.8) is 0 Å². The highest BCUT2D eigenvalue weighted by molar-refractivity contribution is 5.70. The first kappa shape index (κ1) is 39.3. The summed E-state index contributed by atoms with van der Waals surface area (Å²) in [5.74, 6) is 1.24. The maximum Gasteiger partial charge on any atom is 0.416 e. The summed E-state index contributed by atoms with van der Waals surface area (Å²) in [6.45, 7) is 12.3. The van der Waals surface area contributed by atoms with Crippen LogP contribution in [-0.4, -0.2) is 24.4 Å². The molecule has 0 aromatic heterocycles. The number of halogens is 6. The number of alkyl carbamates (subject to hydrolysis) is 2. The van der Waals surface area contributed by atoms with Gasteiger partial charge in [0.15, 0.2) is 0 Å². The van der Waals surface area contributed by atoms with Crippen LogP contribution in [0.2, 0.25) is 0 Å². The second-order valence-corrected chi connectivity index (χ2v) is 15.0. The average molecular weight is 713 g/mol. The zero-order valence-corrected chi connectivity index (χ0v) is 29.5. The molecule has 2 saturated carbocycles. The number of ether oxygens (including phenoxy) is 2. The molecule has 0 unspecified atom stereocenters. The van der Waals surface area contributed by atoms with E-state index in [4.69, 9.17) is 9.47 Å². The molecule has 0 bridgehead atoms. The fourth-order valence-corrected chi connectivity index (χ4v) is 7.57. The van der Waals surface area contributed by atoms with Crippen molar-refractivity contribution >= 4 is 12.2 Å². The number of rotatable bonds is 9. The molecule has 2 aromatic rings. The van der Waals surface area contributed by atoms with Crippen LogP contribution in [0, 0.1) is 35.5 Å². The van der Waals surface area contributed by atoms with Gasteiger partial charge in [-0.25, -0.2) is 9.59 Å². The van der Waals surface area contributed by atoms with E-state index in [0.717, 1.165) is 49.9 Å². The van der Waals surface area contributed by atoms with Crippen molar-refractivity contribution < 1.29 is 45.4 Å². The first-order valence-electron chi connectivity index (χ1n) is 17.6. The molecule has 2 fully saturated rings. The summed E-state index contributed by atoms with van der Waals surface area (Å²) in [7, 11) is 0. The second kappa shape index (κ2) is 16.3. The van der Waals surface area contributed by atoms with Gasteiger partial charge in [-0.3, -0.25) is 0 Å². The van der Waals surface area contributed by atoms with E-state index in [1.807, 2.05) is 27.7 Å². The van der Waals surface area contributed by atoms with Crippen molar-refractivity contribution in [3.8, 4) is 0 Å². The van der Waals surface area contributed by atoms with Crippen LogP contribution in [0.3, 0.4) is 0 Å². The van der Waals surface area contributed by atoms with E-state index in [-0.39, 0.29) is 34.8 Å². The van der Waals surface area contributed by atoms with Gasteiger partial charge >= 0.3 is 24.5 Å². The zero-order chi connectivity index (χ0) is 37.0. The maximum atomic E-state index is 13.7. The third-order valence-electron chi connectivity index (χ3n) is 10.5. The average Bonchev–Trinajstić information content (AvgIpc) is 3.02. The van der Waals surface area contributed by atoms with Crippen LogP contribution in [0.5, 0.6) is 0 Å². The minimum Gasteiger partial charge on any atom is -0.446 e. The van der Waals surface area contributed by atoms with Crippen LogP contribution in [0.4, 0.5) is 35.9 Å². The molecule has 12 heteroatoms. The smallest absolute Gasteiger partial charge is 0.416 e. The fourth-order valence-electron chi connectivity index (χ4n) is 7.57. The number of carbonyl (C=O) groups excluding carboxylic acids is 2. The van der Waals surface area contributed by atoms with E-state index in [2.05, 4.69) is 24.5 Å². The molecule has 0 spiro atoms. The Hall–Kier alpha value is -3.44. The van der Waals surface area contributed by atoms with Crippen molar-refractivity contribution in [1.82, 2.24) is 10.6 Å². The molecule has 6 nitrogen and oxygen atoms in total. The predicted octanol–water partition coefficient (Wildman–Crippen LogP) is 10.9. The molecule has 2 aliphatic carbocycles. The number of alkyl halides is 6. The SMILES string of the molecule is CC(C)[C@@H]1CC[C@@H](C)C[C@H]1OC(=O)N[C@H](c1ccc(C(F)(F)F)cc1)[C@H](NC(=O)O[C@@H]1C[C@H](C)CC[C@H]1C(C)C)c1ccc(C(F)(F)F)cc1. The van der Waals surface area contributed by atoms with E-state index < -0.39 is 60.0 Å². The minimum atomic E-state index is -4.64. The molecule has 8 atom stereocenters. The molecular formula is C38H50F6N2O4. The largest absolute Gasteiger partial charge is 0.446 e. The molecule has 0 aliphatic heterocycles. The molecule has 50 heavy (non-hydrogen) atoms. The molecule has 2 aromatic carbocycles. The monoisotopic (exact) mass is 712 g/mol. The molecule has 2 aliphatic rings. The number of benzene rings is 2. The van der Waals surface area contributed by atoms with E-state index in [1.165, 1.54) is 24.3 Å². The van der Waals surface area contributed by atoms with Crippen LogP contribution < -0.4 is 10.6 Å². The van der Waals surface area contributed by atoms with Gasteiger partial charge in [-0.15, -0.1) is 0 Å². The van der Waals surface area contributed by atoms with Crippen LogP contribution >= 0.6 is 0 Å².